The van der Waals surface area contributed by atoms with Crippen molar-refractivity contribution >= 4 is 5.97 Å². The molecule has 0 aliphatic carbocycles. The summed E-state index contributed by atoms with van der Waals surface area (Å²) >= 11 is 0. The summed E-state index contributed by atoms with van der Waals surface area (Å²) in [6, 6.07) is 0. The van der Waals surface area contributed by atoms with Crippen LogP contribution in [0.2, 0.25) is 0 Å². The molecule has 0 amide bonds. The second kappa shape index (κ2) is 21.6. The van der Waals surface area contributed by atoms with Crippen LogP contribution in [0.1, 0.15) is 117 Å². The van der Waals surface area contributed by atoms with Gasteiger partial charge in [-0.2, -0.15) is 0 Å². The quantitative estimate of drug-likeness (QED) is 0.155. The number of carbonyl (C=O) groups excluding carboxylic acids is 1. The number of ether oxygens (including phenoxy) is 1. The van der Waals surface area contributed by atoms with Gasteiger partial charge in [-0.15, -0.1) is 0 Å². The highest BCUT2D eigenvalue weighted by atomic mass is 79.9. The number of nitrogens with zero attached hydrogens (tertiary/aromatic N) is 1. The van der Waals surface area contributed by atoms with Gasteiger partial charge in [0.15, 0.2) is 0 Å². The van der Waals surface area contributed by atoms with Gasteiger partial charge in [-0.1, -0.05) is 71.1 Å². The number of esters is 1. The summed E-state index contributed by atoms with van der Waals surface area (Å²) in [5.74, 6) is -0.0391. The lowest BCUT2D eigenvalue weighted by molar-refractivity contribution is -0.890. The van der Waals surface area contributed by atoms with E-state index in [4.69, 9.17) is 4.74 Å². The monoisotopic (exact) mass is 463 g/mol. The van der Waals surface area contributed by atoms with Gasteiger partial charge in [0.25, 0.3) is 0 Å². The van der Waals surface area contributed by atoms with E-state index in [0.29, 0.717) is 13.0 Å². The number of quaternary nitrogens is 1. The molecule has 0 aromatic rings. The van der Waals surface area contributed by atoms with Crippen LogP contribution >= 0.6 is 0 Å². The number of unbranched alkanes of at least 4 members (excludes halogenated alkanes) is 13. The minimum atomic E-state index is -0.0391. The Labute approximate surface area is 187 Å². The zero-order valence-electron chi connectivity index (χ0n) is 19.6. The van der Waals surface area contributed by atoms with Crippen LogP contribution in [0, 0.1) is 0 Å². The van der Waals surface area contributed by atoms with E-state index in [1.807, 2.05) is 6.92 Å². The van der Waals surface area contributed by atoms with Gasteiger partial charge in [0.05, 0.1) is 33.8 Å². The molecule has 4 heteroatoms. The zero-order valence-corrected chi connectivity index (χ0v) is 21.2. The lowest BCUT2D eigenvalue weighted by atomic mass is 10.1. The van der Waals surface area contributed by atoms with E-state index in [9.17, 15) is 4.79 Å². The second-order valence-electron chi connectivity index (χ2n) is 8.89. The van der Waals surface area contributed by atoms with Crippen LogP contribution < -0.4 is 17.0 Å². The Morgan fingerprint density at radius 3 is 1.46 bits per heavy atom. The number of hydrogen-bond acceptors (Lipinski definition) is 2. The molecule has 0 fully saturated rings. The molecule has 0 heterocycles. The molecule has 0 aliphatic rings. The molecule has 0 N–H and O–H groups in total. The highest BCUT2D eigenvalue weighted by molar-refractivity contribution is 5.69. The van der Waals surface area contributed by atoms with E-state index >= 15 is 0 Å². The van der Waals surface area contributed by atoms with Crippen LogP contribution in [0.3, 0.4) is 0 Å². The van der Waals surface area contributed by atoms with Gasteiger partial charge in [0.1, 0.15) is 0 Å². The Bertz CT molecular complexity index is 335. The molecule has 0 aromatic carbocycles. The predicted molar refractivity (Wildman–Crippen MR) is 118 cm³/mol. The number of hydrogen-bond donors (Lipinski definition) is 0. The molecule has 28 heavy (non-hydrogen) atoms. The van der Waals surface area contributed by atoms with E-state index in [1.165, 1.54) is 96.6 Å². The van der Waals surface area contributed by atoms with Crippen LogP contribution in [-0.4, -0.2) is 44.2 Å². The molecule has 0 unspecified atom stereocenters. The van der Waals surface area contributed by atoms with E-state index < -0.39 is 0 Å². The largest absolute Gasteiger partial charge is 1.00 e. The van der Waals surface area contributed by atoms with Gasteiger partial charge in [-0.3, -0.25) is 4.79 Å². The fourth-order valence-electron chi connectivity index (χ4n) is 3.71. The third kappa shape index (κ3) is 22.2. The highest BCUT2D eigenvalue weighted by Crippen LogP contribution is 2.13. The van der Waals surface area contributed by atoms with Crippen molar-refractivity contribution in [3.05, 3.63) is 0 Å². The van der Waals surface area contributed by atoms with Crippen LogP contribution in [-0.2, 0) is 9.53 Å². The van der Waals surface area contributed by atoms with E-state index in [-0.39, 0.29) is 23.0 Å². The molecular formula is C24H50BrNO2. The number of halogens is 1. The van der Waals surface area contributed by atoms with E-state index in [0.717, 1.165) is 17.3 Å². The number of rotatable bonds is 20. The van der Waals surface area contributed by atoms with Gasteiger partial charge < -0.3 is 26.2 Å². The van der Waals surface area contributed by atoms with Crippen LogP contribution in [0.5, 0.6) is 0 Å². The summed E-state index contributed by atoms with van der Waals surface area (Å²) in [4.78, 5) is 11.3. The van der Waals surface area contributed by atoms with Gasteiger partial charge in [0, 0.05) is 6.42 Å². The smallest absolute Gasteiger partial charge is 0.305 e. The van der Waals surface area contributed by atoms with Gasteiger partial charge in [-0.25, -0.2) is 0 Å². The first-order valence-corrected chi connectivity index (χ1v) is 12.0. The summed E-state index contributed by atoms with van der Waals surface area (Å²) < 4.78 is 6.10. The van der Waals surface area contributed by atoms with Crippen molar-refractivity contribution in [1.82, 2.24) is 0 Å². The number of carbonyl (C=O) groups is 1. The molecule has 0 spiro atoms. The van der Waals surface area contributed by atoms with E-state index in [1.54, 1.807) is 0 Å². The fraction of sp³-hybridized carbons (Fsp3) is 0.958. The molecule has 0 aliphatic heterocycles. The predicted octanol–water partition coefficient (Wildman–Crippen LogP) is 3.89. The van der Waals surface area contributed by atoms with Gasteiger partial charge >= 0.3 is 5.97 Å². The van der Waals surface area contributed by atoms with Gasteiger partial charge in [-0.05, 0) is 39.0 Å². The van der Waals surface area contributed by atoms with Crippen LogP contribution in [0.25, 0.3) is 0 Å². The molecule has 170 valence electrons. The van der Waals surface area contributed by atoms with Crippen LogP contribution in [0.4, 0.5) is 0 Å². The van der Waals surface area contributed by atoms with Gasteiger partial charge in [0.2, 0.25) is 0 Å². The third-order valence-corrected chi connectivity index (χ3v) is 5.57. The first-order chi connectivity index (χ1) is 13.0. The first-order valence-electron chi connectivity index (χ1n) is 12.0. The average molecular weight is 465 g/mol. The molecule has 0 saturated carbocycles. The van der Waals surface area contributed by atoms with Crippen molar-refractivity contribution in [2.45, 2.75) is 117 Å². The Balaban J connectivity index is 0. The minimum Gasteiger partial charge on any atom is -1.00 e. The standard InChI is InChI=1S/C24H50NO2.BrH/c1-5-7-8-9-10-11-12-13-14-15-16-19-22-25(3,4)23-20-17-18-21-24(26)27-6-2;/h5-23H2,1-4H3;1H/q+1;/p-1. The molecule has 3 nitrogen and oxygen atoms in total. The lowest BCUT2D eigenvalue weighted by Gasteiger charge is -2.30. The summed E-state index contributed by atoms with van der Waals surface area (Å²) in [5, 5.41) is 0. The van der Waals surface area contributed by atoms with E-state index in [2.05, 4.69) is 21.0 Å². The summed E-state index contributed by atoms with van der Waals surface area (Å²) in [6.07, 6.45) is 20.9. The van der Waals surface area contributed by atoms with Crippen molar-refractivity contribution < 1.29 is 31.0 Å². The summed E-state index contributed by atoms with van der Waals surface area (Å²) in [7, 11) is 4.70. The van der Waals surface area contributed by atoms with Crippen LogP contribution in [0.15, 0.2) is 0 Å². The first kappa shape index (κ1) is 30.1. The summed E-state index contributed by atoms with van der Waals surface area (Å²) in [6.45, 7) is 7.17. The molecule has 0 rings (SSSR count). The topological polar surface area (TPSA) is 26.3 Å². The second-order valence-corrected chi connectivity index (χ2v) is 8.89. The molecule has 0 saturated heterocycles. The molecule has 0 bridgehead atoms. The fourth-order valence-corrected chi connectivity index (χ4v) is 3.71. The molecule has 0 atom stereocenters. The lowest BCUT2D eigenvalue weighted by Crippen LogP contribution is -3.00. The van der Waals surface area contributed by atoms with Crippen molar-refractivity contribution in [2.75, 3.05) is 33.8 Å². The third-order valence-electron chi connectivity index (χ3n) is 5.57. The maximum Gasteiger partial charge on any atom is 0.305 e. The molecular weight excluding hydrogens is 414 g/mol. The van der Waals surface area contributed by atoms with Crippen molar-refractivity contribution in [1.29, 1.82) is 0 Å². The maximum atomic E-state index is 11.3. The summed E-state index contributed by atoms with van der Waals surface area (Å²) in [5.41, 5.74) is 0. The van der Waals surface area contributed by atoms with Crippen molar-refractivity contribution in [3.8, 4) is 0 Å². The highest BCUT2D eigenvalue weighted by Gasteiger charge is 2.13. The van der Waals surface area contributed by atoms with Crippen molar-refractivity contribution in [2.24, 2.45) is 0 Å². The maximum absolute atomic E-state index is 11.3. The SMILES string of the molecule is CCCCCCCCCCCCCC[N+](C)(C)CCCCCC(=O)OCC.[Br-]. The molecule has 0 radical (unpaired) electrons. The van der Waals surface area contributed by atoms with Crippen molar-refractivity contribution in [3.63, 3.8) is 0 Å². The Morgan fingerprint density at radius 1 is 0.643 bits per heavy atom. The average Bonchev–Trinajstić information content (AvgIpc) is 2.62. The Morgan fingerprint density at radius 2 is 1.04 bits per heavy atom. The Hall–Kier alpha value is -0.0900. The zero-order chi connectivity index (χ0) is 20.2. The minimum absolute atomic E-state index is 0. The Kier molecular flexibility index (Phi) is 23.2. The molecule has 0 aromatic heterocycles. The normalized spacial score (nSPS) is 11.3.